The molecule has 0 aliphatic carbocycles. The summed E-state index contributed by atoms with van der Waals surface area (Å²) in [7, 11) is 0. The highest BCUT2D eigenvalue weighted by molar-refractivity contribution is 6.35. The molecule has 2 rings (SSSR count). The number of nitrogens with one attached hydrogen (secondary N) is 1. The molecule has 124 valence electrons. The number of ether oxygens (including phenoxy) is 1. The average Bonchev–Trinajstić information content (AvgIpc) is 2.47. The van der Waals surface area contributed by atoms with Crippen LogP contribution in [0.25, 0.3) is 10.9 Å². The number of rotatable bonds is 4. The quantitative estimate of drug-likeness (QED) is 0.895. The van der Waals surface area contributed by atoms with Crippen LogP contribution in [-0.4, -0.2) is 34.5 Å². The van der Waals surface area contributed by atoms with Crippen LogP contribution in [0.3, 0.4) is 0 Å². The molecule has 1 heterocycles. The van der Waals surface area contributed by atoms with Crippen LogP contribution in [0.15, 0.2) is 24.3 Å². The van der Waals surface area contributed by atoms with Gasteiger partial charge in [0.05, 0.1) is 16.2 Å². The highest BCUT2D eigenvalue weighted by Crippen LogP contribution is 2.24. The molecule has 0 aliphatic heterocycles. The number of nitrogens with zero attached hydrogens (tertiary/aromatic N) is 2. The van der Waals surface area contributed by atoms with Crippen LogP contribution in [0.4, 0.5) is 4.79 Å². The Morgan fingerprint density at radius 1 is 1.35 bits per heavy atom. The third-order valence-corrected chi connectivity index (χ3v) is 3.46. The molecule has 1 unspecified atom stereocenters. The Hall–Kier alpha value is -1.92. The molecule has 0 saturated carbocycles. The van der Waals surface area contributed by atoms with E-state index in [1.807, 2.05) is 24.3 Å². The highest BCUT2D eigenvalue weighted by Gasteiger charge is 2.17. The lowest BCUT2D eigenvalue weighted by Crippen LogP contribution is -2.41. The van der Waals surface area contributed by atoms with E-state index in [0.717, 1.165) is 10.9 Å². The molecule has 23 heavy (non-hydrogen) atoms. The van der Waals surface area contributed by atoms with Gasteiger partial charge in [-0.2, -0.15) is 10.2 Å². The number of fused-ring (bicyclic) bond motifs is 1. The smallest absolute Gasteiger partial charge is 0.407 e. The van der Waals surface area contributed by atoms with E-state index in [4.69, 9.17) is 22.1 Å². The first-order valence-corrected chi connectivity index (χ1v) is 7.76. The van der Waals surface area contributed by atoms with Crippen LogP contribution in [0.2, 0.25) is 5.02 Å². The van der Waals surface area contributed by atoms with Gasteiger partial charge in [-0.15, -0.1) is 0 Å². The number of hydrogen-bond acceptors (Lipinski definition) is 5. The third kappa shape index (κ3) is 5.04. The molecule has 1 atom stereocenters. The highest BCUT2D eigenvalue weighted by atomic mass is 35.5. The zero-order chi connectivity index (χ0) is 17.0. The average molecular weight is 337 g/mol. The van der Waals surface area contributed by atoms with Gasteiger partial charge in [-0.1, -0.05) is 29.8 Å². The van der Waals surface area contributed by atoms with Crippen molar-refractivity contribution in [3.8, 4) is 0 Å². The van der Waals surface area contributed by atoms with Crippen LogP contribution in [0.1, 0.15) is 26.5 Å². The maximum absolute atomic E-state index is 11.6. The van der Waals surface area contributed by atoms with Gasteiger partial charge < -0.3 is 15.8 Å². The zero-order valence-electron chi connectivity index (χ0n) is 13.5. The van der Waals surface area contributed by atoms with Crippen LogP contribution >= 0.6 is 11.6 Å². The first kappa shape index (κ1) is 17.4. The molecular weight excluding hydrogens is 316 g/mol. The van der Waals surface area contributed by atoms with Crippen molar-refractivity contribution >= 4 is 28.6 Å². The first-order chi connectivity index (χ1) is 10.8. The number of alkyl carbamates (subject to hydrolysis) is 1. The topological polar surface area (TPSA) is 90.1 Å². The van der Waals surface area contributed by atoms with Crippen molar-refractivity contribution in [1.29, 1.82) is 0 Å². The molecule has 6 nitrogen and oxygen atoms in total. The van der Waals surface area contributed by atoms with Crippen LogP contribution in [0, 0.1) is 0 Å². The molecule has 3 N–H and O–H groups in total. The minimum atomic E-state index is -0.540. The summed E-state index contributed by atoms with van der Waals surface area (Å²) < 4.78 is 5.16. The van der Waals surface area contributed by atoms with Gasteiger partial charge in [0.2, 0.25) is 0 Å². The minimum Gasteiger partial charge on any atom is -0.444 e. The van der Waals surface area contributed by atoms with Crippen molar-refractivity contribution in [2.45, 2.75) is 38.8 Å². The normalized spacial score (nSPS) is 12.9. The van der Waals surface area contributed by atoms with Crippen LogP contribution in [0.5, 0.6) is 0 Å². The number of amides is 1. The molecule has 1 aromatic heterocycles. The summed E-state index contributed by atoms with van der Waals surface area (Å²) in [6.45, 7) is 5.67. The Bertz CT molecular complexity index is 700. The largest absolute Gasteiger partial charge is 0.444 e. The van der Waals surface area contributed by atoms with Crippen molar-refractivity contribution in [3.05, 3.63) is 35.0 Å². The SMILES string of the molecule is CC(C)(C)OC(=O)NCC(N)Cc1nnc2ccccc2c1Cl. The van der Waals surface area contributed by atoms with E-state index < -0.39 is 11.7 Å². The Labute approximate surface area is 140 Å². The molecular formula is C16H21ClN4O2. The summed E-state index contributed by atoms with van der Waals surface area (Å²) in [5.41, 5.74) is 6.85. The van der Waals surface area contributed by atoms with Gasteiger partial charge in [0.25, 0.3) is 0 Å². The van der Waals surface area contributed by atoms with Crippen molar-refractivity contribution in [3.63, 3.8) is 0 Å². The first-order valence-electron chi connectivity index (χ1n) is 7.38. The molecule has 1 amide bonds. The molecule has 0 fully saturated rings. The van der Waals surface area contributed by atoms with Crippen LogP contribution in [-0.2, 0) is 11.2 Å². The molecule has 2 aromatic rings. The van der Waals surface area contributed by atoms with E-state index in [9.17, 15) is 4.79 Å². The fourth-order valence-corrected chi connectivity index (χ4v) is 2.31. The summed E-state index contributed by atoms with van der Waals surface area (Å²) in [6.07, 6.45) is -0.0874. The third-order valence-electron chi connectivity index (χ3n) is 3.04. The standard InChI is InChI=1S/C16H21ClN4O2/c1-16(2,3)23-15(22)19-9-10(18)8-13-14(17)11-6-4-5-7-12(11)20-21-13/h4-7,10H,8-9,18H2,1-3H3,(H,19,22). The molecule has 7 heteroatoms. The number of halogens is 1. The van der Waals surface area contributed by atoms with Gasteiger partial charge in [-0.3, -0.25) is 0 Å². The van der Waals surface area contributed by atoms with Gasteiger partial charge in [0, 0.05) is 24.4 Å². The van der Waals surface area contributed by atoms with Crippen molar-refractivity contribution in [2.75, 3.05) is 6.54 Å². The second-order valence-corrected chi connectivity index (χ2v) is 6.70. The Balaban J connectivity index is 1.97. The lowest BCUT2D eigenvalue weighted by molar-refractivity contribution is 0.0524. The van der Waals surface area contributed by atoms with Crippen molar-refractivity contribution in [2.24, 2.45) is 5.73 Å². The zero-order valence-corrected chi connectivity index (χ0v) is 14.2. The molecule has 0 saturated heterocycles. The number of benzene rings is 1. The second-order valence-electron chi connectivity index (χ2n) is 6.32. The van der Waals surface area contributed by atoms with Crippen molar-refractivity contribution < 1.29 is 9.53 Å². The summed E-state index contributed by atoms with van der Waals surface area (Å²) in [6, 6.07) is 7.17. The predicted octanol–water partition coefficient (Wildman–Crippen LogP) is 2.68. The monoisotopic (exact) mass is 336 g/mol. The number of nitrogens with two attached hydrogens (primary N) is 1. The Morgan fingerprint density at radius 3 is 2.74 bits per heavy atom. The fourth-order valence-electron chi connectivity index (χ4n) is 2.04. The summed E-state index contributed by atoms with van der Waals surface area (Å²) in [5, 5.41) is 12.3. The van der Waals surface area contributed by atoms with Gasteiger partial charge in [-0.25, -0.2) is 4.79 Å². The predicted molar refractivity (Wildman–Crippen MR) is 90.5 cm³/mol. The van der Waals surface area contributed by atoms with E-state index in [-0.39, 0.29) is 12.6 Å². The lowest BCUT2D eigenvalue weighted by Gasteiger charge is -2.20. The lowest BCUT2D eigenvalue weighted by atomic mass is 10.1. The van der Waals surface area contributed by atoms with Crippen LogP contribution < -0.4 is 11.1 Å². The summed E-state index contributed by atoms with van der Waals surface area (Å²) in [5.74, 6) is 0. The Morgan fingerprint density at radius 2 is 2.04 bits per heavy atom. The molecule has 0 aliphatic rings. The minimum absolute atomic E-state index is 0.264. The number of hydrogen-bond donors (Lipinski definition) is 2. The molecule has 0 spiro atoms. The molecule has 0 radical (unpaired) electrons. The maximum atomic E-state index is 11.6. The Kier molecular flexibility index (Phi) is 5.38. The van der Waals surface area contributed by atoms with Gasteiger partial charge >= 0.3 is 6.09 Å². The number of carbonyl (C=O) groups is 1. The van der Waals surface area contributed by atoms with Crippen molar-refractivity contribution in [1.82, 2.24) is 15.5 Å². The number of carbonyl (C=O) groups excluding carboxylic acids is 1. The maximum Gasteiger partial charge on any atom is 0.407 e. The summed E-state index contributed by atoms with van der Waals surface area (Å²) in [4.78, 5) is 11.6. The fraction of sp³-hybridized carbons (Fsp3) is 0.438. The van der Waals surface area contributed by atoms with Gasteiger partial charge in [0.1, 0.15) is 5.60 Å². The molecule has 0 bridgehead atoms. The van der Waals surface area contributed by atoms with E-state index in [1.54, 1.807) is 20.8 Å². The van der Waals surface area contributed by atoms with Gasteiger partial charge in [0.15, 0.2) is 0 Å². The van der Waals surface area contributed by atoms with E-state index in [1.165, 1.54) is 0 Å². The van der Waals surface area contributed by atoms with Gasteiger partial charge in [-0.05, 0) is 26.8 Å². The summed E-state index contributed by atoms with van der Waals surface area (Å²) >= 11 is 6.37. The van der Waals surface area contributed by atoms with E-state index in [0.29, 0.717) is 17.1 Å². The number of aromatic nitrogens is 2. The van der Waals surface area contributed by atoms with E-state index >= 15 is 0 Å². The molecule has 1 aromatic carbocycles. The van der Waals surface area contributed by atoms with E-state index in [2.05, 4.69) is 15.5 Å². The second kappa shape index (κ2) is 7.10.